The Morgan fingerprint density at radius 2 is 1.95 bits per heavy atom. The molecule has 2 N–H and O–H groups in total. The zero-order valence-electron chi connectivity index (χ0n) is 11.5. The van der Waals surface area contributed by atoms with Gasteiger partial charge in [-0.25, -0.2) is 0 Å². The second-order valence-electron chi connectivity index (χ2n) is 4.82. The van der Waals surface area contributed by atoms with E-state index in [1.54, 1.807) is 6.07 Å². The smallest absolute Gasteiger partial charge is 0.122 e. The minimum absolute atomic E-state index is 0.0186. The van der Waals surface area contributed by atoms with E-state index in [4.69, 9.17) is 33.7 Å². The van der Waals surface area contributed by atoms with Crippen molar-refractivity contribution in [1.82, 2.24) is 0 Å². The molecule has 0 aromatic heterocycles. The van der Waals surface area contributed by atoms with Crippen molar-refractivity contribution in [3.63, 3.8) is 0 Å². The molecule has 0 saturated carbocycles. The fourth-order valence-corrected chi connectivity index (χ4v) is 2.31. The Morgan fingerprint density at radius 1 is 1.20 bits per heavy atom. The molecule has 2 rings (SSSR count). The van der Waals surface area contributed by atoms with Gasteiger partial charge in [0.05, 0.1) is 10.0 Å². The van der Waals surface area contributed by atoms with E-state index in [1.165, 1.54) is 0 Å². The van der Waals surface area contributed by atoms with Crippen LogP contribution in [0.25, 0.3) is 0 Å². The van der Waals surface area contributed by atoms with E-state index in [0.29, 0.717) is 16.7 Å². The van der Waals surface area contributed by atoms with E-state index >= 15 is 0 Å². The number of hydrogen-bond donors (Lipinski definition) is 1. The maximum absolute atomic E-state index is 6.14. The third kappa shape index (κ3) is 3.45. The molecular formula is C16H17Cl2NO. The van der Waals surface area contributed by atoms with Crippen molar-refractivity contribution < 1.29 is 4.74 Å². The largest absolute Gasteiger partial charge is 0.489 e. The summed E-state index contributed by atoms with van der Waals surface area (Å²) in [6, 6.07) is 11.5. The van der Waals surface area contributed by atoms with Gasteiger partial charge in [-0.1, -0.05) is 47.5 Å². The van der Waals surface area contributed by atoms with Gasteiger partial charge >= 0.3 is 0 Å². The third-order valence-corrected chi connectivity index (χ3v) is 4.00. The van der Waals surface area contributed by atoms with Gasteiger partial charge in [-0.15, -0.1) is 0 Å². The lowest BCUT2D eigenvalue weighted by molar-refractivity contribution is 0.304. The van der Waals surface area contributed by atoms with E-state index < -0.39 is 0 Å². The SMILES string of the molecule is Cc1cc([C@H](C)N)ccc1OCc1cccc(Cl)c1Cl. The van der Waals surface area contributed by atoms with E-state index in [-0.39, 0.29) is 6.04 Å². The van der Waals surface area contributed by atoms with Gasteiger partial charge in [-0.3, -0.25) is 0 Å². The fraction of sp³-hybridized carbons (Fsp3) is 0.250. The van der Waals surface area contributed by atoms with Gasteiger partial charge in [0.2, 0.25) is 0 Å². The van der Waals surface area contributed by atoms with Gasteiger partial charge in [0.1, 0.15) is 12.4 Å². The summed E-state index contributed by atoms with van der Waals surface area (Å²) in [7, 11) is 0. The summed E-state index contributed by atoms with van der Waals surface area (Å²) >= 11 is 12.1. The lowest BCUT2D eigenvalue weighted by atomic mass is 10.1. The topological polar surface area (TPSA) is 35.2 Å². The van der Waals surface area contributed by atoms with E-state index in [1.807, 2.05) is 44.2 Å². The maximum atomic E-state index is 6.14. The summed E-state index contributed by atoms with van der Waals surface area (Å²) in [5.74, 6) is 0.824. The molecule has 106 valence electrons. The van der Waals surface area contributed by atoms with Gasteiger partial charge in [-0.2, -0.15) is 0 Å². The Morgan fingerprint density at radius 3 is 2.60 bits per heavy atom. The van der Waals surface area contributed by atoms with Crippen LogP contribution < -0.4 is 10.5 Å². The normalized spacial score (nSPS) is 12.2. The monoisotopic (exact) mass is 309 g/mol. The molecular weight excluding hydrogens is 293 g/mol. The number of rotatable bonds is 4. The van der Waals surface area contributed by atoms with Crippen molar-refractivity contribution >= 4 is 23.2 Å². The molecule has 2 nitrogen and oxygen atoms in total. The van der Waals surface area contributed by atoms with Crippen LogP contribution in [0.2, 0.25) is 10.0 Å². The molecule has 0 fully saturated rings. The van der Waals surface area contributed by atoms with Crippen LogP contribution in [0.4, 0.5) is 0 Å². The van der Waals surface area contributed by atoms with Crippen LogP contribution in [0.5, 0.6) is 5.75 Å². The Balaban J connectivity index is 2.13. The predicted octanol–water partition coefficient (Wildman–Crippen LogP) is 4.90. The summed E-state index contributed by atoms with van der Waals surface area (Å²) in [5, 5.41) is 1.08. The summed E-state index contributed by atoms with van der Waals surface area (Å²) in [6.45, 7) is 4.35. The molecule has 2 aromatic carbocycles. The van der Waals surface area contributed by atoms with Crippen molar-refractivity contribution in [2.24, 2.45) is 5.73 Å². The summed E-state index contributed by atoms with van der Waals surface area (Å²) in [4.78, 5) is 0. The highest BCUT2D eigenvalue weighted by atomic mass is 35.5. The molecule has 0 unspecified atom stereocenters. The van der Waals surface area contributed by atoms with Crippen LogP contribution >= 0.6 is 23.2 Å². The van der Waals surface area contributed by atoms with Crippen LogP contribution in [-0.4, -0.2) is 0 Å². The first-order chi connectivity index (χ1) is 9.49. The zero-order chi connectivity index (χ0) is 14.7. The number of ether oxygens (including phenoxy) is 1. The Bertz CT molecular complexity index is 611. The molecule has 0 aliphatic carbocycles. The molecule has 2 aromatic rings. The first-order valence-electron chi connectivity index (χ1n) is 6.41. The molecule has 4 heteroatoms. The average molecular weight is 310 g/mol. The van der Waals surface area contributed by atoms with Crippen molar-refractivity contribution in [2.75, 3.05) is 0 Å². The quantitative estimate of drug-likeness (QED) is 0.871. The molecule has 0 radical (unpaired) electrons. The molecule has 0 heterocycles. The van der Waals surface area contributed by atoms with Crippen LogP contribution in [-0.2, 0) is 6.61 Å². The van der Waals surface area contributed by atoms with Gasteiger partial charge < -0.3 is 10.5 Å². The van der Waals surface area contributed by atoms with Crippen molar-refractivity contribution in [3.05, 3.63) is 63.1 Å². The molecule has 0 aliphatic rings. The fourth-order valence-electron chi connectivity index (χ4n) is 1.93. The lowest BCUT2D eigenvalue weighted by Gasteiger charge is -2.13. The predicted molar refractivity (Wildman–Crippen MR) is 84.6 cm³/mol. The zero-order valence-corrected chi connectivity index (χ0v) is 13.0. The Hall–Kier alpha value is -1.22. The van der Waals surface area contributed by atoms with Crippen LogP contribution in [0.15, 0.2) is 36.4 Å². The third-order valence-electron chi connectivity index (χ3n) is 3.14. The van der Waals surface area contributed by atoms with E-state index in [9.17, 15) is 0 Å². The van der Waals surface area contributed by atoms with Crippen LogP contribution in [0, 0.1) is 6.92 Å². The molecule has 0 amide bonds. The Labute approximate surface area is 129 Å². The van der Waals surface area contributed by atoms with Gasteiger partial charge in [0, 0.05) is 11.6 Å². The van der Waals surface area contributed by atoms with Crippen LogP contribution in [0.1, 0.15) is 29.7 Å². The molecule has 0 aliphatic heterocycles. The number of benzene rings is 2. The molecule has 0 spiro atoms. The Kier molecular flexibility index (Phi) is 4.92. The molecule has 20 heavy (non-hydrogen) atoms. The van der Waals surface area contributed by atoms with Gasteiger partial charge in [0.25, 0.3) is 0 Å². The second kappa shape index (κ2) is 6.49. The molecule has 0 bridgehead atoms. The minimum atomic E-state index is 0.0186. The highest BCUT2D eigenvalue weighted by Crippen LogP contribution is 2.28. The first-order valence-corrected chi connectivity index (χ1v) is 7.16. The standard InChI is InChI=1S/C16H17Cl2NO/c1-10-8-12(11(2)19)6-7-15(10)20-9-13-4-3-5-14(17)16(13)18/h3-8,11H,9,19H2,1-2H3/t11-/m0/s1. The van der Waals surface area contributed by atoms with E-state index in [0.717, 1.165) is 22.4 Å². The number of hydrogen-bond acceptors (Lipinski definition) is 2. The second-order valence-corrected chi connectivity index (χ2v) is 5.60. The number of aryl methyl sites for hydroxylation is 1. The van der Waals surface area contributed by atoms with Crippen molar-refractivity contribution in [1.29, 1.82) is 0 Å². The van der Waals surface area contributed by atoms with Gasteiger partial charge in [-0.05, 0) is 37.1 Å². The highest BCUT2D eigenvalue weighted by Gasteiger charge is 2.07. The average Bonchev–Trinajstić information content (AvgIpc) is 2.41. The molecule has 0 saturated heterocycles. The number of halogens is 2. The van der Waals surface area contributed by atoms with Crippen molar-refractivity contribution in [3.8, 4) is 5.75 Å². The van der Waals surface area contributed by atoms with Crippen molar-refractivity contribution in [2.45, 2.75) is 26.5 Å². The van der Waals surface area contributed by atoms with E-state index in [2.05, 4.69) is 0 Å². The maximum Gasteiger partial charge on any atom is 0.122 e. The van der Waals surface area contributed by atoms with Gasteiger partial charge in [0.15, 0.2) is 0 Å². The highest BCUT2D eigenvalue weighted by molar-refractivity contribution is 6.42. The summed E-state index contributed by atoms with van der Waals surface area (Å²) < 4.78 is 5.81. The minimum Gasteiger partial charge on any atom is -0.489 e. The van der Waals surface area contributed by atoms with Crippen LogP contribution in [0.3, 0.4) is 0 Å². The molecule has 1 atom stereocenters. The summed E-state index contributed by atoms with van der Waals surface area (Å²) in [6.07, 6.45) is 0. The first kappa shape index (κ1) is 15.2. The lowest BCUT2D eigenvalue weighted by Crippen LogP contribution is -2.05. The summed E-state index contributed by atoms with van der Waals surface area (Å²) in [5.41, 5.74) is 8.88. The number of nitrogens with two attached hydrogens (primary N) is 1.